The maximum Gasteiger partial charge on any atom is 0.335 e. The molecule has 0 saturated carbocycles. The predicted molar refractivity (Wildman–Crippen MR) is 74.9 cm³/mol. The van der Waals surface area contributed by atoms with Gasteiger partial charge in [0, 0.05) is 13.1 Å². The highest BCUT2D eigenvalue weighted by atomic mass is 16.6. The molecule has 1 saturated heterocycles. The molecule has 1 aromatic rings. The van der Waals surface area contributed by atoms with Gasteiger partial charge in [0.25, 0.3) is 0 Å². The highest BCUT2D eigenvalue weighted by molar-refractivity contribution is 5.68. The highest BCUT2D eigenvalue weighted by Crippen LogP contribution is 2.35. The van der Waals surface area contributed by atoms with Gasteiger partial charge >= 0.3 is 5.69 Å². The van der Waals surface area contributed by atoms with Gasteiger partial charge in [-0.1, -0.05) is 6.07 Å². The van der Waals surface area contributed by atoms with E-state index in [1.807, 2.05) is 18.9 Å². The molecule has 1 aliphatic rings. The van der Waals surface area contributed by atoms with Crippen molar-refractivity contribution in [3.05, 3.63) is 28.3 Å². The van der Waals surface area contributed by atoms with E-state index in [4.69, 9.17) is 9.47 Å². The maximum absolute atomic E-state index is 11.3. The largest absolute Gasteiger partial charge is 0.484 e. The third kappa shape index (κ3) is 3.58. The topological polar surface area (TPSA) is 76.9 Å². The second-order valence-electron chi connectivity index (χ2n) is 4.79. The summed E-state index contributed by atoms with van der Waals surface area (Å²) in [6, 6.07) is 5.04. The Bertz CT molecular complexity index is 473. The Kier molecular flexibility index (Phi) is 4.75. The summed E-state index contributed by atoms with van der Waals surface area (Å²) in [5, 5.41) is 13.2. The molecule has 2 rings (SSSR count). The van der Waals surface area contributed by atoms with Crippen LogP contribution in [0.3, 0.4) is 0 Å². The van der Waals surface area contributed by atoms with E-state index in [-0.39, 0.29) is 17.5 Å². The fourth-order valence-electron chi connectivity index (χ4n) is 2.00. The smallest absolute Gasteiger partial charge is 0.335 e. The molecule has 0 aromatic heterocycles. The number of nitro groups is 1. The van der Waals surface area contributed by atoms with Crippen LogP contribution in [0.2, 0.25) is 0 Å². The number of ether oxygens (including phenoxy) is 2. The fourth-order valence-corrected chi connectivity index (χ4v) is 2.00. The van der Waals surface area contributed by atoms with Gasteiger partial charge in [-0.25, -0.2) is 5.01 Å². The summed E-state index contributed by atoms with van der Waals surface area (Å²) in [6.07, 6.45) is -0.118. The first kappa shape index (κ1) is 14.5. The van der Waals surface area contributed by atoms with Gasteiger partial charge in [-0.15, -0.1) is 0 Å². The number of benzene rings is 1. The molecule has 1 heterocycles. The van der Waals surface area contributed by atoms with Crippen molar-refractivity contribution in [2.45, 2.75) is 20.0 Å². The van der Waals surface area contributed by atoms with Gasteiger partial charge in [0.15, 0.2) is 5.75 Å². The number of hydrogen-bond acceptors (Lipinski definition) is 6. The maximum atomic E-state index is 11.3. The lowest BCUT2D eigenvalue weighted by Crippen LogP contribution is -2.40. The average Bonchev–Trinajstić information content (AvgIpc) is 2.39. The van der Waals surface area contributed by atoms with Gasteiger partial charge < -0.3 is 14.9 Å². The second-order valence-corrected chi connectivity index (χ2v) is 4.79. The molecular weight excluding hydrogens is 262 g/mol. The molecule has 1 fully saturated rings. The normalized spacial score (nSPS) is 16.1. The first-order valence-electron chi connectivity index (χ1n) is 6.61. The zero-order chi connectivity index (χ0) is 14.5. The molecule has 0 bridgehead atoms. The third-order valence-electron chi connectivity index (χ3n) is 2.83. The van der Waals surface area contributed by atoms with Crippen LogP contribution in [0.4, 0.5) is 11.4 Å². The number of morpholine rings is 1. The van der Waals surface area contributed by atoms with Crippen molar-refractivity contribution in [1.82, 2.24) is 5.01 Å². The summed E-state index contributed by atoms with van der Waals surface area (Å²) >= 11 is 0. The molecule has 1 N–H and O–H groups in total. The van der Waals surface area contributed by atoms with Crippen LogP contribution in [-0.4, -0.2) is 42.3 Å². The van der Waals surface area contributed by atoms with Crippen LogP contribution >= 0.6 is 0 Å². The molecule has 0 spiro atoms. The lowest BCUT2D eigenvalue weighted by molar-refractivity contribution is -0.385. The summed E-state index contributed by atoms with van der Waals surface area (Å²) in [4.78, 5) is 10.9. The Labute approximate surface area is 117 Å². The van der Waals surface area contributed by atoms with Crippen LogP contribution in [0, 0.1) is 10.1 Å². The lowest BCUT2D eigenvalue weighted by Gasteiger charge is -2.28. The van der Waals surface area contributed by atoms with Gasteiger partial charge in [-0.05, 0) is 26.0 Å². The standard InChI is InChI=1S/C13H19N3O4/c1-10(2)20-12-5-3-4-11(13(12)16(17)18)14-15-6-8-19-9-7-15/h3-5,10,14H,6-9H2,1-2H3. The van der Waals surface area contributed by atoms with E-state index in [0.29, 0.717) is 32.0 Å². The number of rotatable bonds is 5. The van der Waals surface area contributed by atoms with Crippen LogP contribution in [-0.2, 0) is 4.74 Å². The second kappa shape index (κ2) is 6.53. The Morgan fingerprint density at radius 2 is 2.10 bits per heavy atom. The Morgan fingerprint density at radius 3 is 2.70 bits per heavy atom. The zero-order valence-electron chi connectivity index (χ0n) is 11.7. The molecule has 0 aliphatic carbocycles. The van der Waals surface area contributed by atoms with E-state index in [9.17, 15) is 10.1 Å². The van der Waals surface area contributed by atoms with Crippen molar-refractivity contribution in [2.75, 3.05) is 31.7 Å². The molecule has 7 heteroatoms. The van der Waals surface area contributed by atoms with Crippen molar-refractivity contribution in [3.63, 3.8) is 0 Å². The molecule has 1 aromatic carbocycles. The summed E-state index contributed by atoms with van der Waals surface area (Å²) in [6.45, 7) is 6.28. The predicted octanol–water partition coefficient (Wildman–Crippen LogP) is 2.04. The SMILES string of the molecule is CC(C)Oc1cccc(NN2CCOCC2)c1[N+](=O)[O-]. The van der Waals surface area contributed by atoms with Crippen molar-refractivity contribution in [3.8, 4) is 5.75 Å². The first-order valence-corrected chi connectivity index (χ1v) is 6.61. The van der Waals surface area contributed by atoms with Gasteiger partial charge in [0.05, 0.1) is 24.2 Å². The minimum absolute atomic E-state index is 0.0345. The lowest BCUT2D eigenvalue weighted by atomic mass is 10.2. The van der Waals surface area contributed by atoms with E-state index in [1.54, 1.807) is 18.2 Å². The molecule has 7 nitrogen and oxygen atoms in total. The first-order chi connectivity index (χ1) is 9.58. The Hall–Kier alpha value is -1.86. The molecular formula is C13H19N3O4. The molecule has 110 valence electrons. The van der Waals surface area contributed by atoms with Crippen LogP contribution < -0.4 is 10.2 Å². The molecule has 0 atom stereocenters. The van der Waals surface area contributed by atoms with Crippen molar-refractivity contribution < 1.29 is 14.4 Å². The average molecular weight is 281 g/mol. The van der Waals surface area contributed by atoms with E-state index in [0.717, 1.165) is 0 Å². The molecule has 1 aliphatic heterocycles. The molecule has 20 heavy (non-hydrogen) atoms. The molecule has 0 unspecified atom stereocenters. The quantitative estimate of drug-likeness (QED) is 0.657. The van der Waals surface area contributed by atoms with E-state index in [2.05, 4.69) is 5.43 Å². The van der Waals surface area contributed by atoms with Crippen LogP contribution in [0.25, 0.3) is 0 Å². The highest BCUT2D eigenvalue weighted by Gasteiger charge is 2.23. The number of anilines is 1. The van der Waals surface area contributed by atoms with Gasteiger partial charge in [0.2, 0.25) is 0 Å². The third-order valence-corrected chi connectivity index (χ3v) is 2.83. The number of hydrogen-bond donors (Lipinski definition) is 1. The van der Waals surface area contributed by atoms with Crippen molar-refractivity contribution in [1.29, 1.82) is 0 Å². The van der Waals surface area contributed by atoms with E-state index < -0.39 is 4.92 Å². The minimum Gasteiger partial charge on any atom is -0.484 e. The molecule has 0 amide bonds. The number of nitrogens with one attached hydrogen (secondary N) is 1. The van der Waals surface area contributed by atoms with Gasteiger partial charge in [0.1, 0.15) is 5.69 Å². The van der Waals surface area contributed by atoms with Crippen LogP contribution in [0.15, 0.2) is 18.2 Å². The molecule has 0 radical (unpaired) electrons. The summed E-state index contributed by atoms with van der Waals surface area (Å²) < 4.78 is 10.8. The summed E-state index contributed by atoms with van der Waals surface area (Å²) in [5.41, 5.74) is 3.48. The van der Waals surface area contributed by atoms with E-state index >= 15 is 0 Å². The summed E-state index contributed by atoms with van der Waals surface area (Å²) in [5.74, 6) is 0.281. The minimum atomic E-state index is -0.416. The van der Waals surface area contributed by atoms with Crippen LogP contribution in [0.1, 0.15) is 13.8 Å². The van der Waals surface area contributed by atoms with Gasteiger partial charge in [-0.3, -0.25) is 10.1 Å². The number of hydrazine groups is 1. The number of para-hydroxylation sites is 1. The van der Waals surface area contributed by atoms with E-state index in [1.165, 1.54) is 0 Å². The zero-order valence-corrected chi connectivity index (χ0v) is 11.7. The Morgan fingerprint density at radius 1 is 1.40 bits per heavy atom. The fraction of sp³-hybridized carbons (Fsp3) is 0.538. The number of nitrogens with zero attached hydrogens (tertiary/aromatic N) is 2. The summed E-state index contributed by atoms with van der Waals surface area (Å²) in [7, 11) is 0. The van der Waals surface area contributed by atoms with Crippen molar-refractivity contribution >= 4 is 11.4 Å². The van der Waals surface area contributed by atoms with Crippen LogP contribution in [0.5, 0.6) is 5.75 Å². The van der Waals surface area contributed by atoms with Gasteiger partial charge in [-0.2, -0.15) is 0 Å². The Balaban J connectivity index is 2.24. The number of nitro benzene ring substituents is 1. The van der Waals surface area contributed by atoms with Crippen molar-refractivity contribution in [2.24, 2.45) is 0 Å². The monoisotopic (exact) mass is 281 g/mol.